The van der Waals surface area contributed by atoms with Gasteiger partial charge in [-0.05, 0) is 42.5 Å². The van der Waals surface area contributed by atoms with Crippen LogP contribution in [0.1, 0.15) is 65.8 Å². The molecule has 2 bridgehead atoms. The van der Waals surface area contributed by atoms with E-state index in [2.05, 4.69) is 15.3 Å². The Labute approximate surface area is 235 Å². The topological polar surface area (TPSA) is 141 Å². The average molecular weight is 557 g/mol. The summed E-state index contributed by atoms with van der Waals surface area (Å²) in [7, 11) is 3.58. The molecule has 1 saturated carbocycles. The minimum Gasteiger partial charge on any atom is -0.434 e. The number of carbonyl (C=O) groups is 1. The van der Waals surface area contributed by atoms with Gasteiger partial charge in [0.1, 0.15) is 38.6 Å². The monoisotopic (exact) mass is 557 g/mol. The molecule has 1 fully saturated rings. The standard InChI is InChI=1S/C27H27B2F2N7O3/c1-25(27(28,29)40)10-26(32,11-25)23-33-8-12(9-34-23)14-5-6-15-20(35-14)38-17-7-16(21(38)36-15)37-22(39)13-3-2-4-18(19(13)17)41-24(30)31/h2-6,8-9,16-17,24,40H,7,10-11,28-29,32H2,1H3,(H,37,39)/t16?,17-,25-,26+/m1/s1. The first-order chi connectivity index (χ1) is 19.4. The molecular weight excluding hydrogens is 530 g/mol. The van der Waals surface area contributed by atoms with E-state index in [0.29, 0.717) is 58.9 Å². The first-order valence-electron chi connectivity index (χ1n) is 13.5. The number of halogens is 2. The second-order valence-electron chi connectivity index (χ2n) is 12.2. The Balaban J connectivity index is 1.26. The highest BCUT2D eigenvalue weighted by atomic mass is 19.3. The lowest BCUT2D eigenvalue weighted by molar-refractivity contribution is -0.0588. The van der Waals surface area contributed by atoms with Gasteiger partial charge < -0.3 is 25.5 Å². The number of aliphatic hydroxyl groups is 1. The number of amides is 1. The molecule has 2 aliphatic heterocycles. The van der Waals surface area contributed by atoms with Gasteiger partial charge in [0, 0.05) is 40.9 Å². The molecule has 1 amide bonds. The number of hydrogen-bond donors (Lipinski definition) is 3. The molecule has 3 aromatic heterocycles. The predicted octanol–water partition coefficient (Wildman–Crippen LogP) is 1.13. The van der Waals surface area contributed by atoms with Gasteiger partial charge in [-0.2, -0.15) is 8.78 Å². The Morgan fingerprint density at radius 2 is 1.93 bits per heavy atom. The van der Waals surface area contributed by atoms with Crippen LogP contribution in [0, 0.1) is 5.41 Å². The Bertz CT molecular complexity index is 1720. The minimum atomic E-state index is -3.03. The van der Waals surface area contributed by atoms with Crippen LogP contribution in [0.25, 0.3) is 22.4 Å². The number of nitrogens with one attached hydrogen (secondary N) is 1. The molecule has 14 heteroatoms. The Morgan fingerprint density at radius 1 is 1.20 bits per heavy atom. The number of carbonyl (C=O) groups excluding carboxylic acids is 1. The van der Waals surface area contributed by atoms with E-state index in [9.17, 15) is 18.7 Å². The van der Waals surface area contributed by atoms with Crippen LogP contribution in [-0.4, -0.2) is 63.2 Å². The Hall–Kier alpha value is -3.90. The highest BCUT2D eigenvalue weighted by Crippen LogP contribution is 2.55. The number of pyridine rings is 1. The fourth-order valence-electron chi connectivity index (χ4n) is 6.68. The maximum Gasteiger partial charge on any atom is 0.387 e. The van der Waals surface area contributed by atoms with Gasteiger partial charge in [-0.15, -0.1) is 0 Å². The van der Waals surface area contributed by atoms with Gasteiger partial charge in [-0.3, -0.25) is 4.79 Å². The van der Waals surface area contributed by atoms with Gasteiger partial charge in [0.15, 0.2) is 5.65 Å². The Kier molecular flexibility index (Phi) is 5.43. The number of fused-ring (bicyclic) bond motifs is 9. The van der Waals surface area contributed by atoms with Crippen LogP contribution in [0.4, 0.5) is 8.78 Å². The third kappa shape index (κ3) is 3.87. The number of ether oxygens (including phenoxy) is 1. The summed E-state index contributed by atoms with van der Waals surface area (Å²) in [6.07, 6.45) is 4.92. The van der Waals surface area contributed by atoms with Crippen LogP contribution >= 0.6 is 0 Å². The molecule has 7 rings (SSSR count). The number of benzene rings is 1. The predicted molar refractivity (Wildman–Crippen MR) is 150 cm³/mol. The minimum absolute atomic E-state index is 0.0412. The number of imidazole rings is 1. The third-order valence-corrected chi connectivity index (χ3v) is 9.09. The summed E-state index contributed by atoms with van der Waals surface area (Å²) in [6, 6.07) is 7.35. The summed E-state index contributed by atoms with van der Waals surface area (Å²) >= 11 is 0. The van der Waals surface area contributed by atoms with Crippen LogP contribution in [0.3, 0.4) is 0 Å². The summed E-state index contributed by atoms with van der Waals surface area (Å²) in [4.78, 5) is 31.7. The molecule has 1 aliphatic carbocycles. The van der Waals surface area contributed by atoms with Crippen molar-refractivity contribution in [2.24, 2.45) is 11.1 Å². The van der Waals surface area contributed by atoms with Gasteiger partial charge in [-0.25, -0.2) is 19.9 Å². The van der Waals surface area contributed by atoms with Crippen LogP contribution in [0.2, 0.25) is 0 Å². The lowest BCUT2D eigenvalue weighted by Gasteiger charge is -2.57. The van der Waals surface area contributed by atoms with Crippen molar-refractivity contribution in [2.75, 3.05) is 0 Å². The van der Waals surface area contributed by atoms with Gasteiger partial charge in [0.2, 0.25) is 0 Å². The van der Waals surface area contributed by atoms with Crippen LogP contribution < -0.4 is 15.8 Å². The molecule has 0 saturated heterocycles. The van der Waals surface area contributed by atoms with E-state index in [1.54, 1.807) is 34.2 Å². The fourth-order valence-corrected chi connectivity index (χ4v) is 6.68. The first kappa shape index (κ1) is 26.0. The molecule has 1 unspecified atom stereocenters. The van der Waals surface area contributed by atoms with Gasteiger partial charge >= 0.3 is 6.61 Å². The molecule has 2 atom stereocenters. The van der Waals surface area contributed by atoms with Crippen LogP contribution in [0.5, 0.6) is 5.75 Å². The molecule has 0 radical (unpaired) electrons. The van der Waals surface area contributed by atoms with Crippen molar-refractivity contribution in [3.8, 4) is 17.0 Å². The molecule has 4 aromatic rings. The highest BCUT2D eigenvalue weighted by Gasteiger charge is 2.58. The molecule has 41 heavy (non-hydrogen) atoms. The number of alkyl halides is 2. The van der Waals surface area contributed by atoms with E-state index >= 15 is 0 Å². The zero-order valence-electron chi connectivity index (χ0n) is 22.7. The summed E-state index contributed by atoms with van der Waals surface area (Å²) < 4.78 is 33.3. The van der Waals surface area contributed by atoms with Gasteiger partial charge in [0.05, 0.1) is 23.3 Å². The number of aromatic nitrogens is 5. The molecule has 5 heterocycles. The van der Waals surface area contributed by atoms with E-state index in [4.69, 9.17) is 20.4 Å². The maximum absolute atomic E-state index is 13.3. The molecule has 208 valence electrons. The summed E-state index contributed by atoms with van der Waals surface area (Å²) in [5.74, 6) is 0.721. The van der Waals surface area contributed by atoms with Gasteiger partial charge in [0.25, 0.3) is 5.91 Å². The van der Waals surface area contributed by atoms with Crippen molar-refractivity contribution in [2.45, 2.75) is 55.8 Å². The highest BCUT2D eigenvalue weighted by molar-refractivity contribution is 6.39. The van der Waals surface area contributed by atoms with Crippen molar-refractivity contribution in [1.82, 2.24) is 29.8 Å². The van der Waals surface area contributed by atoms with E-state index in [0.717, 1.165) is 0 Å². The van der Waals surface area contributed by atoms with Crippen LogP contribution in [-0.2, 0) is 5.54 Å². The second kappa shape index (κ2) is 8.56. The quantitative estimate of drug-likeness (QED) is 0.311. The van der Waals surface area contributed by atoms with Crippen molar-refractivity contribution in [3.63, 3.8) is 0 Å². The number of nitrogens with two attached hydrogens (primary N) is 1. The average Bonchev–Trinajstić information content (AvgIpc) is 3.39. The lowest BCUT2D eigenvalue weighted by Crippen LogP contribution is -2.64. The van der Waals surface area contributed by atoms with Crippen molar-refractivity contribution in [1.29, 1.82) is 0 Å². The van der Waals surface area contributed by atoms with E-state index in [1.165, 1.54) is 12.1 Å². The summed E-state index contributed by atoms with van der Waals surface area (Å²) in [5.41, 5.74) is 8.69. The van der Waals surface area contributed by atoms with Crippen molar-refractivity contribution in [3.05, 3.63) is 65.5 Å². The normalized spacial score (nSPS) is 26.7. The van der Waals surface area contributed by atoms with Crippen LogP contribution in [0.15, 0.2) is 42.7 Å². The molecule has 10 nitrogen and oxygen atoms in total. The first-order valence-corrected chi connectivity index (χ1v) is 13.5. The molecule has 3 aliphatic rings. The van der Waals surface area contributed by atoms with Crippen molar-refractivity contribution < 1.29 is 23.4 Å². The molecule has 0 spiro atoms. The largest absolute Gasteiger partial charge is 0.434 e. The number of nitrogens with zero attached hydrogens (tertiary/aromatic N) is 5. The zero-order chi connectivity index (χ0) is 28.9. The third-order valence-electron chi connectivity index (χ3n) is 9.09. The SMILES string of the molecule is BC(B)(O)[C@]1(C)C[C@@](N)(c2ncc(-c3ccc4nc5n(c4n3)[C@@H]3CC5NC(=O)c4cccc(OC(F)F)c43)cn2)C1. The van der Waals surface area contributed by atoms with Gasteiger partial charge in [-0.1, -0.05) is 13.0 Å². The number of hydrogen-bond acceptors (Lipinski definition) is 8. The summed E-state index contributed by atoms with van der Waals surface area (Å²) in [5, 5.41) is 12.6. The fraction of sp³-hybridized carbons (Fsp3) is 0.370. The summed E-state index contributed by atoms with van der Waals surface area (Å²) in [6.45, 7) is -1.02. The van der Waals surface area contributed by atoms with E-state index in [1.807, 2.05) is 23.6 Å². The molecular formula is C27H27B2F2N7O3. The smallest absolute Gasteiger partial charge is 0.387 e. The second-order valence-corrected chi connectivity index (χ2v) is 12.2. The van der Waals surface area contributed by atoms with Crippen molar-refractivity contribution >= 4 is 32.8 Å². The lowest BCUT2D eigenvalue weighted by atomic mass is 9.40. The Morgan fingerprint density at radius 3 is 2.61 bits per heavy atom. The molecule has 4 N–H and O–H groups in total. The zero-order valence-corrected chi connectivity index (χ0v) is 22.7. The van der Waals surface area contributed by atoms with E-state index < -0.39 is 29.6 Å². The van der Waals surface area contributed by atoms with E-state index in [-0.39, 0.29) is 22.6 Å². The number of rotatable bonds is 5. The molecule has 1 aromatic carbocycles. The maximum atomic E-state index is 13.3.